The first-order valence-corrected chi connectivity index (χ1v) is 30.5. The van der Waals surface area contributed by atoms with E-state index in [9.17, 15) is 0 Å². The van der Waals surface area contributed by atoms with E-state index in [0.717, 1.165) is 17.4 Å². The molecule has 0 aromatic carbocycles. The maximum absolute atomic E-state index is 4.98. The highest BCUT2D eigenvalue weighted by molar-refractivity contribution is 5.17. The normalized spacial score (nSPS) is 11.0. The van der Waals surface area contributed by atoms with Gasteiger partial charge in [0.1, 0.15) is 18.4 Å². The van der Waals surface area contributed by atoms with E-state index in [4.69, 9.17) is 4.42 Å². The lowest BCUT2D eigenvalue weighted by Gasteiger charge is -2.16. The van der Waals surface area contributed by atoms with Crippen molar-refractivity contribution < 1.29 is 4.42 Å². The van der Waals surface area contributed by atoms with Gasteiger partial charge in [-0.15, -0.1) is 10.2 Å². The third-order valence-electron chi connectivity index (χ3n) is 12.0. The van der Waals surface area contributed by atoms with E-state index in [2.05, 4.69) is 243 Å². The Morgan fingerprint density at radius 3 is 1.43 bits per heavy atom. The van der Waals surface area contributed by atoms with Gasteiger partial charge in [0.25, 0.3) is 0 Å². The van der Waals surface area contributed by atoms with Gasteiger partial charge in [0.15, 0.2) is 6.39 Å². The van der Waals surface area contributed by atoms with Crippen molar-refractivity contribution in [3.63, 3.8) is 0 Å². The van der Waals surface area contributed by atoms with Crippen LogP contribution in [0, 0.1) is 5.92 Å². The molecule has 1 aliphatic carbocycles. The van der Waals surface area contributed by atoms with Crippen molar-refractivity contribution in [2.75, 3.05) is 0 Å². The largest absolute Gasteiger partial charge is 0.448 e. The first kappa shape index (κ1) is 76.0. The molecule has 20 nitrogen and oxygen atoms in total. The molecule has 10 aromatic heterocycles. The number of hydrogen-bond donors (Lipinski definition) is 3. The van der Waals surface area contributed by atoms with Crippen LogP contribution in [-0.4, -0.2) is 94.0 Å². The summed E-state index contributed by atoms with van der Waals surface area (Å²) in [6, 6.07) is 16.4. The Hall–Kier alpha value is -8.03. The van der Waals surface area contributed by atoms with Gasteiger partial charge < -0.3 is 22.7 Å². The number of nitrogens with zero attached hydrogens (tertiary/aromatic N) is 16. The quantitative estimate of drug-likeness (QED) is 0.123. The summed E-state index contributed by atoms with van der Waals surface area (Å²) in [7, 11) is 0. The average Bonchev–Trinajstić information content (AvgIpc) is 3.28. The summed E-state index contributed by atoms with van der Waals surface area (Å²) in [5.74, 6) is 3.88. The Bertz CT molecular complexity index is 2390. The van der Waals surface area contributed by atoms with Crippen molar-refractivity contribution in [2.24, 2.45) is 5.92 Å². The summed E-state index contributed by atoms with van der Waals surface area (Å²) >= 11 is 0. The second-order valence-electron chi connectivity index (χ2n) is 23.5. The van der Waals surface area contributed by atoms with Crippen LogP contribution in [0.2, 0.25) is 0 Å². The molecule has 10 heterocycles. The maximum Gasteiger partial charge on any atom is 0.180 e. The van der Waals surface area contributed by atoms with Gasteiger partial charge in [-0.25, -0.2) is 15.0 Å². The zero-order chi connectivity index (χ0) is 64.2. The summed E-state index contributed by atoms with van der Waals surface area (Å²) in [6.07, 6.45) is 38.0. The third kappa shape index (κ3) is 35.3. The SMILES string of the molecule is CC(C)C.CC(C)c1ccn[nH]1.CC(C)c1cn[nH]c1.CC(C)c1cn[nH]n1.CC(C)c1cnco1.CC(C)n1cccc1.CC(C)n1cccn1.CC(C)n1ccnc1.CC(C)n1cnc2c1CCCC2.CC(C)n1cnnc1.c1ccncc1. The standard InChI is InChI=1S/C10H16N2.C7H11N.4C6H10N2.C6H9NO.2C5H9N3.C5H5N.C4H10/c1-8(2)12-7-11-9-5-3-4-6-10(9)12;1-7(2)8-5-3-4-6-8;1-5(2)6-3-7-8-4-6;1-6(2)8-4-3-7-5-8;1-6(2)8-5-3-4-7-8;1-5(2)6-3-4-7-8-6;1-5(2)6-3-7-4-8-6;1-5(2)8-3-6-7-4-8;1-4(2)5-3-6-8-7-5;1-2-4-6-5-3-1;1-4(2)3/h7-8H,3-6H2,1-2H3;3-7H,1-2H3;3-5H,1-2H3,(H,7,8);2*3-6H,1-2H3;3-5H,1-2H3,(H,7,8);2*3-5H,1-2H3;3-4H,1-2H3,(H,6,7,8);1-5H;4H,1-3H3. The number of nitrogens with one attached hydrogen (secondary N) is 3. The van der Waals surface area contributed by atoms with Crippen LogP contribution in [0.5, 0.6) is 0 Å². The number of aromatic amines is 3. The molecule has 86 heavy (non-hydrogen) atoms. The Morgan fingerprint density at radius 2 is 1.13 bits per heavy atom. The third-order valence-corrected chi connectivity index (χ3v) is 12.0. The van der Waals surface area contributed by atoms with Crippen LogP contribution in [-0.2, 0) is 12.8 Å². The molecular formula is C66H109N19O. The van der Waals surface area contributed by atoms with Crippen molar-refractivity contribution in [1.82, 2.24) is 94.0 Å². The molecule has 0 spiro atoms. The van der Waals surface area contributed by atoms with E-state index in [1.54, 1.807) is 56.0 Å². The zero-order valence-electron chi connectivity index (χ0n) is 56.1. The minimum absolute atomic E-state index is 0.456. The lowest BCUT2D eigenvalue weighted by Crippen LogP contribution is -2.09. The molecule has 0 unspecified atom stereocenters. The Kier molecular flexibility index (Phi) is 40.1. The maximum atomic E-state index is 4.98. The number of aryl methyl sites for hydroxylation is 1. The second kappa shape index (κ2) is 45.4. The molecule has 20 heteroatoms. The van der Waals surface area contributed by atoms with Gasteiger partial charge in [0.2, 0.25) is 0 Å². The van der Waals surface area contributed by atoms with Gasteiger partial charge in [0.05, 0.1) is 42.6 Å². The molecule has 474 valence electrons. The number of rotatable bonds is 9. The highest BCUT2D eigenvalue weighted by atomic mass is 16.3. The molecule has 0 fully saturated rings. The predicted molar refractivity (Wildman–Crippen MR) is 351 cm³/mol. The summed E-state index contributed by atoms with van der Waals surface area (Å²) in [6.45, 7) is 44.8. The number of pyridine rings is 1. The van der Waals surface area contributed by atoms with Gasteiger partial charge in [0, 0.05) is 109 Å². The zero-order valence-corrected chi connectivity index (χ0v) is 56.1. The van der Waals surface area contributed by atoms with E-state index >= 15 is 0 Å². The molecule has 3 N–H and O–H groups in total. The number of H-pyrrole nitrogens is 3. The lowest BCUT2D eigenvalue weighted by molar-refractivity contribution is 0.482. The molecule has 0 radical (unpaired) electrons. The number of aromatic nitrogens is 19. The molecule has 1 aliphatic rings. The van der Waals surface area contributed by atoms with Gasteiger partial charge in [-0.3, -0.25) is 19.9 Å². The van der Waals surface area contributed by atoms with Gasteiger partial charge in [-0.05, 0) is 161 Å². The van der Waals surface area contributed by atoms with Crippen LogP contribution in [0.4, 0.5) is 0 Å². The van der Waals surface area contributed by atoms with E-state index in [-0.39, 0.29) is 0 Å². The molecule has 0 aliphatic heterocycles. The summed E-state index contributed by atoms with van der Waals surface area (Å²) in [5, 5.41) is 34.7. The molecule has 0 saturated heterocycles. The van der Waals surface area contributed by atoms with Crippen molar-refractivity contribution in [3.05, 3.63) is 189 Å². The van der Waals surface area contributed by atoms with Crippen molar-refractivity contribution >= 4 is 0 Å². The lowest BCUT2D eigenvalue weighted by atomic mass is 10.0. The van der Waals surface area contributed by atoms with Crippen LogP contribution >= 0.6 is 0 Å². The van der Waals surface area contributed by atoms with E-state index in [0.29, 0.717) is 53.9 Å². The van der Waals surface area contributed by atoms with Crippen molar-refractivity contribution in [3.8, 4) is 0 Å². The number of oxazole rings is 1. The van der Waals surface area contributed by atoms with E-state index in [1.807, 2.05) is 89.2 Å². The monoisotopic (exact) mass is 1180 g/mol. The molecule has 0 atom stereocenters. The molecule has 10 aromatic rings. The Balaban J connectivity index is 0.000000476. The fourth-order valence-electron chi connectivity index (χ4n) is 6.74. The molecule has 0 bridgehead atoms. The smallest absolute Gasteiger partial charge is 0.180 e. The first-order valence-electron chi connectivity index (χ1n) is 30.5. The molecule has 11 rings (SSSR count). The summed E-state index contributed by atoms with van der Waals surface area (Å²) in [5.41, 5.74) is 6.31. The van der Waals surface area contributed by atoms with E-state index in [1.165, 1.54) is 54.7 Å². The molecular weight excluding hydrogens is 1070 g/mol. The van der Waals surface area contributed by atoms with Gasteiger partial charge in [-0.2, -0.15) is 30.7 Å². The number of imidazole rings is 2. The van der Waals surface area contributed by atoms with E-state index < -0.39 is 0 Å². The van der Waals surface area contributed by atoms with Crippen molar-refractivity contribution in [2.45, 2.75) is 225 Å². The minimum atomic E-state index is 0.456. The van der Waals surface area contributed by atoms with Crippen LogP contribution < -0.4 is 0 Å². The summed E-state index contributed by atoms with van der Waals surface area (Å²) in [4.78, 5) is 15.9. The van der Waals surface area contributed by atoms with Gasteiger partial charge >= 0.3 is 0 Å². The van der Waals surface area contributed by atoms with Crippen LogP contribution in [0.1, 0.15) is 246 Å². The fraction of sp³-hybridized carbons (Fsp3) is 0.530. The topological polar surface area (TPSA) is 227 Å². The molecule has 0 saturated carbocycles. The fourth-order valence-corrected chi connectivity index (χ4v) is 6.74. The van der Waals surface area contributed by atoms with Crippen LogP contribution in [0.3, 0.4) is 0 Å². The van der Waals surface area contributed by atoms with Crippen LogP contribution in [0.25, 0.3) is 0 Å². The minimum Gasteiger partial charge on any atom is -0.448 e. The second-order valence-corrected chi connectivity index (χ2v) is 23.5. The highest BCUT2D eigenvalue weighted by Gasteiger charge is 2.16. The number of fused-ring (bicyclic) bond motifs is 1. The Labute approximate surface area is 516 Å². The van der Waals surface area contributed by atoms with Crippen LogP contribution in [0.15, 0.2) is 159 Å². The van der Waals surface area contributed by atoms with Crippen molar-refractivity contribution in [1.29, 1.82) is 0 Å². The molecule has 0 amide bonds. The van der Waals surface area contributed by atoms with Gasteiger partial charge in [-0.1, -0.05) is 82.2 Å². The Morgan fingerprint density at radius 1 is 0.488 bits per heavy atom. The highest BCUT2D eigenvalue weighted by Crippen LogP contribution is 2.22. The summed E-state index contributed by atoms with van der Waals surface area (Å²) < 4.78 is 15.4. The predicted octanol–water partition coefficient (Wildman–Crippen LogP) is 16.7. The first-order chi connectivity index (χ1) is 41.0. The number of hydrogen-bond acceptors (Lipinski definition) is 12. The average molecular weight is 1180 g/mol.